The molecule has 4 heteroatoms. The van der Waals surface area contributed by atoms with Crippen LogP contribution in [0.3, 0.4) is 0 Å². The Hall–Kier alpha value is -1.50. The van der Waals surface area contributed by atoms with Crippen molar-refractivity contribution in [2.45, 2.75) is 26.4 Å². The average Bonchev–Trinajstić information content (AvgIpc) is 2.14. The maximum absolute atomic E-state index is 12.5. The minimum atomic E-state index is -4.39. The number of hydrogen-bond acceptors (Lipinski definition) is 1. The third-order valence-corrected chi connectivity index (χ3v) is 2.09. The Kier molecular flexibility index (Phi) is 3.58. The lowest BCUT2D eigenvalue weighted by atomic mass is 9.98. The van der Waals surface area contributed by atoms with E-state index in [1.54, 1.807) is 6.07 Å². The van der Waals surface area contributed by atoms with Gasteiger partial charge in [-0.15, -0.1) is 0 Å². The summed E-state index contributed by atoms with van der Waals surface area (Å²) in [6, 6.07) is 5.25. The molecule has 1 nitrogen and oxygen atoms in total. The smallest absolute Gasteiger partial charge is 0.192 e. The number of nitriles is 1. The van der Waals surface area contributed by atoms with Crippen LogP contribution in [0.2, 0.25) is 0 Å². The van der Waals surface area contributed by atoms with E-state index in [0.717, 1.165) is 12.1 Å². The van der Waals surface area contributed by atoms with Gasteiger partial charge in [0.25, 0.3) is 0 Å². The highest BCUT2D eigenvalue weighted by Gasteiger charge is 2.31. The third-order valence-electron chi connectivity index (χ3n) is 2.09. The topological polar surface area (TPSA) is 23.8 Å². The first-order chi connectivity index (χ1) is 7.32. The highest BCUT2D eigenvalue weighted by atomic mass is 19.4. The van der Waals surface area contributed by atoms with Crippen molar-refractivity contribution in [3.8, 4) is 6.07 Å². The van der Waals surface area contributed by atoms with Gasteiger partial charge in [-0.05, 0) is 36.1 Å². The molecule has 0 saturated carbocycles. The van der Waals surface area contributed by atoms with Crippen LogP contribution in [0.5, 0.6) is 0 Å². The monoisotopic (exact) mass is 227 g/mol. The van der Waals surface area contributed by atoms with E-state index in [2.05, 4.69) is 0 Å². The van der Waals surface area contributed by atoms with Gasteiger partial charge in [0.1, 0.15) is 0 Å². The molecule has 1 aromatic carbocycles. The molecular formula is C12H12F3N. The van der Waals surface area contributed by atoms with Crippen molar-refractivity contribution in [1.82, 2.24) is 0 Å². The second kappa shape index (κ2) is 4.56. The fraction of sp³-hybridized carbons (Fsp3) is 0.417. The summed E-state index contributed by atoms with van der Waals surface area (Å²) in [5.41, 5.74) is -0.131. The number of alkyl halides is 3. The first-order valence-electron chi connectivity index (χ1n) is 4.94. The maximum Gasteiger partial charge on any atom is 0.416 e. The highest BCUT2D eigenvalue weighted by molar-refractivity contribution is 5.38. The van der Waals surface area contributed by atoms with E-state index in [0.29, 0.717) is 12.0 Å². The lowest BCUT2D eigenvalue weighted by molar-refractivity contribution is -0.137. The molecular weight excluding hydrogens is 215 g/mol. The first-order valence-corrected chi connectivity index (χ1v) is 4.94. The van der Waals surface area contributed by atoms with E-state index in [4.69, 9.17) is 5.26 Å². The van der Waals surface area contributed by atoms with Crippen molar-refractivity contribution in [3.05, 3.63) is 34.9 Å². The summed E-state index contributed by atoms with van der Waals surface area (Å²) < 4.78 is 37.5. The van der Waals surface area contributed by atoms with Crippen molar-refractivity contribution in [2.75, 3.05) is 0 Å². The zero-order chi connectivity index (χ0) is 12.3. The predicted octanol–water partition coefficient (Wildman–Crippen LogP) is 3.78. The van der Waals surface area contributed by atoms with Crippen molar-refractivity contribution < 1.29 is 13.2 Å². The van der Waals surface area contributed by atoms with Gasteiger partial charge in [-0.2, -0.15) is 18.4 Å². The molecule has 0 aliphatic rings. The van der Waals surface area contributed by atoms with E-state index in [1.165, 1.54) is 6.07 Å². The van der Waals surface area contributed by atoms with Crippen molar-refractivity contribution in [1.29, 1.82) is 5.26 Å². The van der Waals surface area contributed by atoms with E-state index < -0.39 is 11.7 Å². The Morgan fingerprint density at radius 3 is 2.31 bits per heavy atom. The van der Waals surface area contributed by atoms with Gasteiger partial charge in [-0.1, -0.05) is 13.8 Å². The Labute approximate surface area is 92.5 Å². The van der Waals surface area contributed by atoms with Crippen LogP contribution in [-0.4, -0.2) is 0 Å². The molecule has 0 atom stereocenters. The summed E-state index contributed by atoms with van der Waals surface area (Å²) in [4.78, 5) is 0. The molecule has 0 N–H and O–H groups in total. The zero-order valence-corrected chi connectivity index (χ0v) is 9.10. The molecule has 1 aromatic rings. The predicted molar refractivity (Wildman–Crippen MR) is 54.7 cm³/mol. The molecule has 0 saturated heterocycles. The van der Waals surface area contributed by atoms with Crippen LogP contribution in [0.25, 0.3) is 0 Å². The van der Waals surface area contributed by atoms with Gasteiger partial charge in [0.15, 0.2) is 0 Å². The van der Waals surface area contributed by atoms with Gasteiger partial charge in [0.05, 0.1) is 17.2 Å². The molecule has 0 fully saturated rings. The molecule has 0 radical (unpaired) electrons. The molecule has 0 aliphatic heterocycles. The molecule has 86 valence electrons. The molecule has 0 aliphatic carbocycles. The van der Waals surface area contributed by atoms with Crippen LogP contribution in [0.1, 0.15) is 30.5 Å². The number of nitrogens with zero attached hydrogens (tertiary/aromatic N) is 1. The van der Waals surface area contributed by atoms with E-state index in [9.17, 15) is 13.2 Å². The lowest BCUT2D eigenvalue weighted by Crippen LogP contribution is -2.07. The molecule has 0 bridgehead atoms. The van der Waals surface area contributed by atoms with Gasteiger partial charge in [-0.3, -0.25) is 0 Å². The minimum absolute atomic E-state index is 0.0606. The number of rotatable bonds is 2. The molecule has 0 amide bonds. The van der Waals surface area contributed by atoms with Gasteiger partial charge in [0, 0.05) is 0 Å². The Morgan fingerprint density at radius 1 is 1.25 bits per heavy atom. The standard InChI is InChI=1S/C12H12F3N/c1-8(2)3-9-4-10(7-16)6-11(5-9)12(13,14)15/h4-6,8H,3H2,1-2H3. The largest absolute Gasteiger partial charge is 0.416 e. The third kappa shape index (κ3) is 3.27. The Balaban J connectivity index is 3.17. The Bertz CT molecular complexity index is 413. The second-order valence-electron chi connectivity index (χ2n) is 4.13. The average molecular weight is 227 g/mol. The normalized spacial score (nSPS) is 11.6. The zero-order valence-electron chi connectivity index (χ0n) is 9.10. The van der Waals surface area contributed by atoms with Crippen LogP contribution in [0.15, 0.2) is 18.2 Å². The highest BCUT2D eigenvalue weighted by Crippen LogP contribution is 2.31. The maximum atomic E-state index is 12.5. The number of hydrogen-bond donors (Lipinski definition) is 0. The van der Waals surface area contributed by atoms with Crippen molar-refractivity contribution >= 4 is 0 Å². The van der Waals surface area contributed by atoms with Crippen LogP contribution in [0.4, 0.5) is 13.2 Å². The number of halogens is 3. The van der Waals surface area contributed by atoms with E-state index >= 15 is 0 Å². The molecule has 0 unspecified atom stereocenters. The van der Waals surface area contributed by atoms with Crippen LogP contribution < -0.4 is 0 Å². The quantitative estimate of drug-likeness (QED) is 0.754. The van der Waals surface area contributed by atoms with Gasteiger partial charge < -0.3 is 0 Å². The summed E-state index contributed by atoms with van der Waals surface area (Å²) in [5, 5.41) is 8.67. The molecule has 0 spiro atoms. The van der Waals surface area contributed by atoms with Crippen molar-refractivity contribution in [2.24, 2.45) is 5.92 Å². The van der Waals surface area contributed by atoms with Crippen molar-refractivity contribution in [3.63, 3.8) is 0 Å². The van der Waals surface area contributed by atoms with E-state index in [-0.39, 0.29) is 11.5 Å². The molecule has 0 aromatic heterocycles. The summed E-state index contributed by atoms with van der Waals surface area (Å²) in [6.07, 6.45) is -3.85. The molecule has 16 heavy (non-hydrogen) atoms. The summed E-state index contributed by atoms with van der Waals surface area (Å²) >= 11 is 0. The summed E-state index contributed by atoms with van der Waals surface area (Å²) in [6.45, 7) is 3.85. The van der Waals surface area contributed by atoms with Crippen LogP contribution in [-0.2, 0) is 12.6 Å². The molecule has 0 heterocycles. The van der Waals surface area contributed by atoms with Crippen LogP contribution >= 0.6 is 0 Å². The minimum Gasteiger partial charge on any atom is -0.192 e. The summed E-state index contributed by atoms with van der Waals surface area (Å²) in [5.74, 6) is 0.259. The Morgan fingerprint density at radius 2 is 1.88 bits per heavy atom. The lowest BCUT2D eigenvalue weighted by Gasteiger charge is -2.11. The fourth-order valence-electron chi connectivity index (χ4n) is 1.51. The van der Waals surface area contributed by atoms with E-state index in [1.807, 2.05) is 13.8 Å². The molecule has 1 rings (SSSR count). The first kappa shape index (κ1) is 12.6. The fourth-order valence-corrected chi connectivity index (χ4v) is 1.51. The second-order valence-corrected chi connectivity index (χ2v) is 4.13. The SMILES string of the molecule is CC(C)Cc1cc(C#N)cc(C(F)(F)F)c1. The van der Waals surface area contributed by atoms with Gasteiger partial charge >= 0.3 is 6.18 Å². The number of benzene rings is 1. The van der Waals surface area contributed by atoms with Gasteiger partial charge in [0.2, 0.25) is 0 Å². The van der Waals surface area contributed by atoms with Crippen LogP contribution in [0, 0.1) is 17.2 Å². The summed E-state index contributed by atoms with van der Waals surface area (Å²) in [7, 11) is 0. The van der Waals surface area contributed by atoms with Gasteiger partial charge in [-0.25, -0.2) is 0 Å².